The van der Waals surface area contributed by atoms with Crippen LogP contribution >= 0.6 is 0 Å². The summed E-state index contributed by atoms with van der Waals surface area (Å²) in [4.78, 5) is 4.32. The summed E-state index contributed by atoms with van der Waals surface area (Å²) < 4.78 is 0. The third-order valence-electron chi connectivity index (χ3n) is 3.03. The highest BCUT2D eigenvalue weighted by Gasteiger charge is 2.32. The second-order valence-corrected chi connectivity index (χ2v) is 4.57. The molecule has 0 heterocycles. The van der Waals surface area contributed by atoms with Gasteiger partial charge in [0.25, 0.3) is 0 Å². The van der Waals surface area contributed by atoms with E-state index in [2.05, 4.69) is 17.2 Å². The lowest BCUT2D eigenvalue weighted by Crippen LogP contribution is -2.49. The fourth-order valence-corrected chi connectivity index (χ4v) is 2.20. The van der Waals surface area contributed by atoms with Gasteiger partial charge in [0.1, 0.15) is 0 Å². The van der Waals surface area contributed by atoms with Crippen molar-refractivity contribution in [2.45, 2.75) is 64.5 Å². The summed E-state index contributed by atoms with van der Waals surface area (Å²) in [5.74, 6) is 0.615. The van der Waals surface area contributed by atoms with Gasteiger partial charge in [0.05, 0.1) is 0 Å². The number of hydrogen-bond acceptors (Lipinski definition) is 1. The van der Waals surface area contributed by atoms with Crippen molar-refractivity contribution in [1.29, 1.82) is 0 Å². The predicted molar refractivity (Wildman–Crippen MR) is 61.4 cm³/mol. The van der Waals surface area contributed by atoms with Crippen molar-refractivity contribution in [3.05, 3.63) is 0 Å². The molecule has 0 unspecified atom stereocenters. The topological polar surface area (TPSA) is 50.4 Å². The molecule has 3 nitrogen and oxygen atoms in total. The molecule has 14 heavy (non-hydrogen) atoms. The maximum atomic E-state index is 5.85. The summed E-state index contributed by atoms with van der Waals surface area (Å²) in [5.41, 5.74) is 6.09. The third kappa shape index (κ3) is 2.89. The first-order valence-electron chi connectivity index (χ1n) is 5.69. The van der Waals surface area contributed by atoms with Gasteiger partial charge >= 0.3 is 0 Å². The molecule has 1 rings (SSSR count). The maximum Gasteiger partial charge on any atom is 0.189 e. The molecule has 1 saturated carbocycles. The van der Waals surface area contributed by atoms with Crippen molar-refractivity contribution < 1.29 is 0 Å². The summed E-state index contributed by atoms with van der Waals surface area (Å²) in [6, 6.07) is 0.276. The Morgan fingerprint density at radius 1 is 1.43 bits per heavy atom. The molecule has 0 aliphatic heterocycles. The van der Waals surface area contributed by atoms with Crippen molar-refractivity contribution in [3.8, 4) is 0 Å². The molecule has 3 N–H and O–H groups in total. The summed E-state index contributed by atoms with van der Waals surface area (Å²) in [6.45, 7) is 6.31. The first kappa shape index (κ1) is 11.3. The molecule has 0 aromatic rings. The Balaban J connectivity index is 2.56. The van der Waals surface area contributed by atoms with Crippen LogP contribution in [0.2, 0.25) is 0 Å². The van der Waals surface area contributed by atoms with Crippen molar-refractivity contribution in [2.75, 3.05) is 0 Å². The minimum absolute atomic E-state index is 0.239. The lowest BCUT2D eigenvalue weighted by atomic mass is 9.94. The lowest BCUT2D eigenvalue weighted by molar-refractivity contribution is 0.374. The number of nitrogens with two attached hydrogens (primary N) is 1. The van der Waals surface area contributed by atoms with Gasteiger partial charge < -0.3 is 11.1 Å². The normalized spacial score (nSPS) is 21.6. The van der Waals surface area contributed by atoms with Crippen LogP contribution in [-0.2, 0) is 0 Å². The molecule has 82 valence electrons. The minimum Gasteiger partial charge on any atom is -0.370 e. The van der Waals surface area contributed by atoms with Crippen LogP contribution in [-0.4, -0.2) is 17.5 Å². The first-order chi connectivity index (χ1) is 6.58. The van der Waals surface area contributed by atoms with Crippen LogP contribution in [0.25, 0.3) is 0 Å². The first-order valence-corrected chi connectivity index (χ1v) is 5.69. The summed E-state index contributed by atoms with van der Waals surface area (Å²) in [5, 5.41) is 3.40. The van der Waals surface area contributed by atoms with Crippen LogP contribution in [0.3, 0.4) is 0 Å². The third-order valence-corrected chi connectivity index (χ3v) is 3.03. The molecular formula is C11H23N3. The summed E-state index contributed by atoms with van der Waals surface area (Å²) in [7, 11) is 0. The molecule has 1 aliphatic carbocycles. The zero-order chi connectivity index (χ0) is 10.6. The number of rotatable bonds is 3. The van der Waals surface area contributed by atoms with Crippen molar-refractivity contribution in [2.24, 2.45) is 10.7 Å². The van der Waals surface area contributed by atoms with Gasteiger partial charge in [0.15, 0.2) is 5.96 Å². The average Bonchev–Trinajstić information content (AvgIpc) is 2.52. The van der Waals surface area contributed by atoms with Gasteiger partial charge in [-0.15, -0.1) is 0 Å². The van der Waals surface area contributed by atoms with Gasteiger partial charge in [-0.2, -0.15) is 0 Å². The van der Waals surface area contributed by atoms with E-state index >= 15 is 0 Å². The highest BCUT2D eigenvalue weighted by Crippen LogP contribution is 2.32. The Morgan fingerprint density at radius 2 is 2.00 bits per heavy atom. The SMILES string of the molecule is CCC1(NC(N)=NC(C)C)CCCC1. The Labute approximate surface area is 87.2 Å². The molecule has 0 aromatic heterocycles. The van der Waals surface area contributed by atoms with Crippen molar-refractivity contribution >= 4 is 5.96 Å². The number of aliphatic imine (C=N–C) groups is 1. The summed E-state index contributed by atoms with van der Waals surface area (Å²) >= 11 is 0. The zero-order valence-electron chi connectivity index (χ0n) is 9.64. The monoisotopic (exact) mass is 197 g/mol. The maximum absolute atomic E-state index is 5.85. The van der Waals surface area contributed by atoms with Crippen molar-refractivity contribution in [1.82, 2.24) is 5.32 Å². The number of hydrogen-bond donors (Lipinski definition) is 2. The van der Waals surface area contributed by atoms with Gasteiger partial charge in [-0.1, -0.05) is 19.8 Å². The molecule has 0 saturated heterocycles. The van der Waals surface area contributed by atoms with E-state index in [9.17, 15) is 0 Å². The van der Waals surface area contributed by atoms with Gasteiger partial charge in [-0.05, 0) is 33.1 Å². The summed E-state index contributed by atoms with van der Waals surface area (Å²) in [6.07, 6.45) is 6.24. The molecule has 0 spiro atoms. The quantitative estimate of drug-likeness (QED) is 0.537. The fourth-order valence-electron chi connectivity index (χ4n) is 2.20. The Morgan fingerprint density at radius 3 is 2.43 bits per heavy atom. The van der Waals surface area contributed by atoms with Crippen LogP contribution < -0.4 is 11.1 Å². The van der Waals surface area contributed by atoms with E-state index in [0.717, 1.165) is 6.42 Å². The molecule has 0 bridgehead atoms. The lowest BCUT2D eigenvalue weighted by Gasteiger charge is -2.29. The van der Waals surface area contributed by atoms with E-state index in [-0.39, 0.29) is 11.6 Å². The average molecular weight is 197 g/mol. The van der Waals surface area contributed by atoms with Crippen LogP contribution in [0, 0.1) is 0 Å². The highest BCUT2D eigenvalue weighted by molar-refractivity contribution is 5.78. The van der Waals surface area contributed by atoms with Gasteiger partial charge in [-0.3, -0.25) is 4.99 Å². The van der Waals surface area contributed by atoms with Gasteiger partial charge in [-0.25, -0.2) is 0 Å². The fraction of sp³-hybridized carbons (Fsp3) is 0.909. The molecule has 3 heteroatoms. The largest absolute Gasteiger partial charge is 0.370 e. The molecule has 1 fully saturated rings. The second kappa shape index (κ2) is 4.67. The smallest absolute Gasteiger partial charge is 0.189 e. The van der Waals surface area contributed by atoms with E-state index in [4.69, 9.17) is 5.73 Å². The zero-order valence-corrected chi connectivity index (χ0v) is 9.64. The predicted octanol–water partition coefficient (Wildman–Crippen LogP) is 2.02. The Hall–Kier alpha value is -0.730. The van der Waals surface area contributed by atoms with Crippen LogP contribution in [0.4, 0.5) is 0 Å². The van der Waals surface area contributed by atoms with Crippen molar-refractivity contribution in [3.63, 3.8) is 0 Å². The van der Waals surface area contributed by atoms with E-state index < -0.39 is 0 Å². The molecular weight excluding hydrogens is 174 g/mol. The standard InChI is InChI=1S/C11H23N3/c1-4-11(7-5-6-8-11)14-10(12)13-9(2)3/h9H,4-8H2,1-3H3,(H3,12,13,14). The highest BCUT2D eigenvalue weighted by atomic mass is 15.1. The molecule has 0 amide bonds. The van der Waals surface area contributed by atoms with Gasteiger partial charge in [0, 0.05) is 11.6 Å². The van der Waals surface area contributed by atoms with Crippen LogP contribution in [0.15, 0.2) is 4.99 Å². The van der Waals surface area contributed by atoms with E-state index in [1.807, 2.05) is 13.8 Å². The Bertz CT molecular complexity index is 203. The molecule has 1 aliphatic rings. The number of nitrogens with one attached hydrogen (secondary N) is 1. The number of nitrogens with zero attached hydrogens (tertiary/aromatic N) is 1. The molecule has 0 radical (unpaired) electrons. The Kier molecular flexibility index (Phi) is 3.78. The van der Waals surface area contributed by atoms with E-state index in [0.29, 0.717) is 5.96 Å². The molecule has 0 atom stereocenters. The van der Waals surface area contributed by atoms with E-state index in [1.165, 1.54) is 25.7 Å². The van der Waals surface area contributed by atoms with Gasteiger partial charge in [0.2, 0.25) is 0 Å². The van der Waals surface area contributed by atoms with Crippen LogP contribution in [0.1, 0.15) is 52.9 Å². The number of guanidine groups is 1. The van der Waals surface area contributed by atoms with E-state index in [1.54, 1.807) is 0 Å². The minimum atomic E-state index is 0.239. The van der Waals surface area contributed by atoms with Crippen LogP contribution in [0.5, 0.6) is 0 Å². The second-order valence-electron chi connectivity index (χ2n) is 4.57. The molecule has 0 aromatic carbocycles.